The van der Waals surface area contributed by atoms with Gasteiger partial charge < -0.3 is 14.8 Å². The second kappa shape index (κ2) is 8.03. The third-order valence-electron chi connectivity index (χ3n) is 4.22. The van der Waals surface area contributed by atoms with Crippen molar-refractivity contribution in [2.75, 3.05) is 25.6 Å². The molecule has 8 nitrogen and oxygen atoms in total. The molecule has 0 bridgehead atoms. The van der Waals surface area contributed by atoms with E-state index in [1.807, 2.05) is 13.0 Å². The quantitative estimate of drug-likeness (QED) is 0.777. The zero-order valence-electron chi connectivity index (χ0n) is 15.1. The minimum atomic E-state index is -3.79. The third-order valence-corrected chi connectivity index (χ3v) is 5.74. The Morgan fingerprint density at radius 3 is 2.81 bits per heavy atom. The smallest absolute Gasteiger partial charge is 0.260 e. The second-order valence-electron chi connectivity index (χ2n) is 6.17. The van der Waals surface area contributed by atoms with Crippen molar-refractivity contribution in [2.24, 2.45) is 0 Å². The second-order valence-corrected chi connectivity index (χ2v) is 7.88. The van der Waals surface area contributed by atoms with Gasteiger partial charge >= 0.3 is 0 Å². The van der Waals surface area contributed by atoms with Crippen LogP contribution in [0, 0.1) is 6.92 Å². The molecule has 1 atom stereocenters. The number of pyridine rings is 1. The van der Waals surface area contributed by atoms with Crippen LogP contribution in [0.25, 0.3) is 0 Å². The van der Waals surface area contributed by atoms with E-state index >= 15 is 0 Å². The van der Waals surface area contributed by atoms with Crippen LogP contribution in [0.1, 0.15) is 22.3 Å². The van der Waals surface area contributed by atoms with Gasteiger partial charge in [0.15, 0.2) is 0 Å². The van der Waals surface area contributed by atoms with Gasteiger partial charge in [-0.3, -0.25) is 4.79 Å². The summed E-state index contributed by atoms with van der Waals surface area (Å²) in [5.41, 5.74) is 0.893. The lowest BCUT2D eigenvalue weighted by molar-refractivity contribution is 0.102. The van der Waals surface area contributed by atoms with Crippen molar-refractivity contribution in [1.82, 2.24) is 9.71 Å². The van der Waals surface area contributed by atoms with Crippen molar-refractivity contribution in [1.29, 1.82) is 0 Å². The van der Waals surface area contributed by atoms with Crippen LogP contribution in [-0.2, 0) is 14.8 Å². The maximum atomic E-state index is 12.7. The van der Waals surface area contributed by atoms with Gasteiger partial charge in [-0.25, -0.2) is 18.1 Å². The van der Waals surface area contributed by atoms with Crippen molar-refractivity contribution >= 4 is 21.7 Å². The van der Waals surface area contributed by atoms with Crippen molar-refractivity contribution in [3.8, 4) is 5.75 Å². The van der Waals surface area contributed by atoms with E-state index in [0.29, 0.717) is 25.5 Å². The Hall–Kier alpha value is -2.49. The highest BCUT2D eigenvalue weighted by atomic mass is 32.2. The van der Waals surface area contributed by atoms with Crippen LogP contribution in [0.15, 0.2) is 41.4 Å². The molecule has 0 radical (unpaired) electrons. The number of carbonyl (C=O) groups excluding carboxylic acids is 1. The number of aryl methyl sites for hydroxylation is 1. The fourth-order valence-corrected chi connectivity index (χ4v) is 4.02. The summed E-state index contributed by atoms with van der Waals surface area (Å²) in [6.07, 6.45) is 2.18. The van der Waals surface area contributed by atoms with Crippen LogP contribution in [0.2, 0.25) is 0 Å². The van der Waals surface area contributed by atoms with Gasteiger partial charge in [0.05, 0.1) is 24.2 Å². The first-order chi connectivity index (χ1) is 12.9. The molecule has 0 unspecified atom stereocenters. The van der Waals surface area contributed by atoms with Crippen LogP contribution in [0.4, 0.5) is 5.82 Å². The average molecular weight is 391 g/mol. The molecule has 1 aromatic heterocycles. The van der Waals surface area contributed by atoms with Gasteiger partial charge in [0.2, 0.25) is 10.0 Å². The number of amides is 1. The molecule has 3 rings (SSSR count). The Morgan fingerprint density at radius 1 is 1.33 bits per heavy atom. The van der Waals surface area contributed by atoms with Gasteiger partial charge in [-0.2, -0.15) is 0 Å². The van der Waals surface area contributed by atoms with Crippen molar-refractivity contribution in [3.05, 3.63) is 47.7 Å². The predicted molar refractivity (Wildman–Crippen MR) is 99.5 cm³/mol. The standard InChI is InChI=1S/C18H21N3O5S/c1-12-4-3-8-19-17(12)20-18(22)15-10-14(5-6-16(15)25-2)27(23,24)21-13-7-9-26-11-13/h3-6,8,10,13,21H,7,9,11H2,1-2H3,(H,19,20,22)/t13-/m0/s1. The van der Waals surface area contributed by atoms with Crippen LogP contribution in [0.3, 0.4) is 0 Å². The molecular formula is C18H21N3O5S. The fourth-order valence-electron chi connectivity index (χ4n) is 2.74. The molecule has 27 heavy (non-hydrogen) atoms. The van der Waals surface area contributed by atoms with Crippen LogP contribution < -0.4 is 14.8 Å². The average Bonchev–Trinajstić information content (AvgIpc) is 3.15. The van der Waals surface area contributed by atoms with Gasteiger partial charge in [-0.1, -0.05) is 6.07 Å². The van der Waals surface area contributed by atoms with Gasteiger partial charge in [0.25, 0.3) is 5.91 Å². The summed E-state index contributed by atoms with van der Waals surface area (Å²) < 4.78 is 38.3. The maximum Gasteiger partial charge on any atom is 0.260 e. The number of anilines is 1. The van der Waals surface area contributed by atoms with E-state index in [-0.39, 0.29) is 22.3 Å². The zero-order valence-corrected chi connectivity index (χ0v) is 15.9. The molecule has 9 heteroatoms. The Bertz CT molecular complexity index is 940. The Labute approximate surface area is 158 Å². The summed E-state index contributed by atoms with van der Waals surface area (Å²) in [4.78, 5) is 16.8. The molecule has 2 heterocycles. The molecule has 2 N–H and O–H groups in total. The molecular weight excluding hydrogens is 370 g/mol. The summed E-state index contributed by atoms with van der Waals surface area (Å²) >= 11 is 0. The highest BCUT2D eigenvalue weighted by Gasteiger charge is 2.25. The van der Waals surface area contributed by atoms with Crippen molar-refractivity contribution < 1.29 is 22.7 Å². The normalized spacial score (nSPS) is 16.9. The van der Waals surface area contributed by atoms with Crippen LogP contribution >= 0.6 is 0 Å². The molecule has 1 aromatic carbocycles. The van der Waals surface area contributed by atoms with Gasteiger partial charge in [0, 0.05) is 18.8 Å². The van der Waals surface area contributed by atoms with E-state index in [9.17, 15) is 13.2 Å². The van der Waals surface area contributed by atoms with Gasteiger partial charge in [-0.05, 0) is 43.2 Å². The van der Waals surface area contributed by atoms with E-state index in [2.05, 4.69) is 15.0 Å². The van der Waals surface area contributed by atoms with Crippen molar-refractivity contribution in [2.45, 2.75) is 24.3 Å². The molecule has 1 aliphatic heterocycles. The molecule has 1 fully saturated rings. The molecule has 0 saturated carbocycles. The molecule has 2 aromatic rings. The monoisotopic (exact) mass is 391 g/mol. The molecule has 1 aliphatic rings. The molecule has 1 saturated heterocycles. The number of nitrogens with zero attached hydrogens (tertiary/aromatic N) is 1. The lowest BCUT2D eigenvalue weighted by atomic mass is 10.2. The fraction of sp³-hybridized carbons (Fsp3) is 0.333. The number of sulfonamides is 1. The lowest BCUT2D eigenvalue weighted by Crippen LogP contribution is -2.35. The molecule has 1 amide bonds. The summed E-state index contributed by atoms with van der Waals surface area (Å²) in [6, 6.07) is 7.46. The van der Waals surface area contributed by atoms with E-state index in [1.54, 1.807) is 12.3 Å². The number of hydrogen-bond acceptors (Lipinski definition) is 6. The number of ether oxygens (including phenoxy) is 2. The Kier molecular flexibility index (Phi) is 5.73. The molecule has 0 spiro atoms. The van der Waals surface area contributed by atoms with Crippen molar-refractivity contribution in [3.63, 3.8) is 0 Å². The molecule has 0 aliphatic carbocycles. The summed E-state index contributed by atoms with van der Waals surface area (Å²) in [5.74, 6) is 0.165. The minimum absolute atomic E-state index is 0.0157. The van der Waals surface area contributed by atoms with Crippen LogP contribution in [-0.4, -0.2) is 45.7 Å². The minimum Gasteiger partial charge on any atom is -0.496 e. The number of aromatic nitrogens is 1. The first-order valence-corrected chi connectivity index (χ1v) is 9.90. The number of rotatable bonds is 6. The number of hydrogen-bond donors (Lipinski definition) is 2. The number of benzene rings is 1. The Morgan fingerprint density at radius 2 is 2.15 bits per heavy atom. The highest BCUT2D eigenvalue weighted by molar-refractivity contribution is 7.89. The zero-order chi connectivity index (χ0) is 19.4. The van der Waals surface area contributed by atoms with Crippen LogP contribution in [0.5, 0.6) is 5.75 Å². The summed E-state index contributed by atoms with van der Waals surface area (Å²) in [5, 5.41) is 2.69. The van der Waals surface area contributed by atoms with E-state index in [0.717, 1.165) is 5.56 Å². The first kappa shape index (κ1) is 19.3. The first-order valence-electron chi connectivity index (χ1n) is 8.42. The lowest BCUT2D eigenvalue weighted by Gasteiger charge is -2.14. The number of nitrogens with one attached hydrogen (secondary N) is 2. The van der Waals surface area contributed by atoms with E-state index in [1.165, 1.54) is 25.3 Å². The van der Waals surface area contributed by atoms with E-state index < -0.39 is 15.9 Å². The van der Waals surface area contributed by atoms with Gasteiger partial charge in [-0.15, -0.1) is 0 Å². The van der Waals surface area contributed by atoms with E-state index in [4.69, 9.17) is 9.47 Å². The Balaban J connectivity index is 1.89. The molecule has 144 valence electrons. The maximum absolute atomic E-state index is 12.7. The SMILES string of the molecule is COc1ccc(S(=O)(=O)N[C@H]2CCOC2)cc1C(=O)Nc1ncccc1C. The number of carbonyl (C=O) groups is 1. The summed E-state index contributed by atoms with van der Waals surface area (Å²) in [7, 11) is -2.37. The summed E-state index contributed by atoms with van der Waals surface area (Å²) in [6.45, 7) is 2.67. The largest absolute Gasteiger partial charge is 0.496 e. The highest BCUT2D eigenvalue weighted by Crippen LogP contribution is 2.24. The number of methoxy groups -OCH3 is 1. The predicted octanol–water partition coefficient (Wildman–Crippen LogP) is 1.72. The topological polar surface area (TPSA) is 107 Å². The van der Waals surface area contributed by atoms with Gasteiger partial charge in [0.1, 0.15) is 11.6 Å². The third kappa shape index (κ3) is 4.44.